The van der Waals surface area contributed by atoms with E-state index in [1.165, 1.54) is 29.2 Å². The molecule has 3 aliphatic carbocycles. The van der Waals surface area contributed by atoms with Crippen LogP contribution in [0, 0.1) is 39.7 Å². The summed E-state index contributed by atoms with van der Waals surface area (Å²) in [5, 5.41) is 10.7. The number of nitro groups is 1. The van der Waals surface area contributed by atoms with E-state index in [1.807, 2.05) is 0 Å². The first-order valence-electron chi connectivity index (χ1n) is 11.3. The second-order valence-corrected chi connectivity index (χ2v) is 9.39. The molecule has 9 nitrogen and oxygen atoms in total. The Balaban J connectivity index is 1.12. The van der Waals surface area contributed by atoms with E-state index in [9.17, 15) is 29.3 Å². The summed E-state index contributed by atoms with van der Waals surface area (Å²) in [6, 6.07) is 4.95. The van der Waals surface area contributed by atoms with Gasteiger partial charge in [-0.2, -0.15) is 0 Å². The number of hydrogen-bond donors (Lipinski definition) is 0. The molecule has 2 amide bonds. The first-order valence-corrected chi connectivity index (χ1v) is 11.3. The quantitative estimate of drug-likeness (QED) is 0.162. The molecule has 0 N–H and O–H groups in total. The Morgan fingerprint density at radius 1 is 0.970 bits per heavy atom. The highest BCUT2D eigenvalue weighted by Gasteiger charge is 2.60. The van der Waals surface area contributed by atoms with Crippen LogP contribution < -0.4 is 0 Å². The van der Waals surface area contributed by atoms with E-state index >= 15 is 0 Å². The van der Waals surface area contributed by atoms with Crippen LogP contribution in [-0.4, -0.2) is 46.0 Å². The largest absolute Gasteiger partial charge is 0.457 e. The van der Waals surface area contributed by atoms with Gasteiger partial charge in [0.2, 0.25) is 11.8 Å². The number of ether oxygens (including phenoxy) is 1. The molecule has 0 radical (unpaired) electrons. The summed E-state index contributed by atoms with van der Waals surface area (Å²) in [4.78, 5) is 62.3. The molecule has 172 valence electrons. The van der Waals surface area contributed by atoms with Crippen molar-refractivity contribution in [2.75, 3.05) is 6.61 Å². The lowest BCUT2D eigenvalue weighted by atomic mass is 9.85. The third kappa shape index (κ3) is 3.65. The number of esters is 1. The highest BCUT2D eigenvalue weighted by Crippen LogP contribution is 2.53. The normalized spacial score (nSPS) is 32.2. The molecule has 1 saturated heterocycles. The molecule has 0 spiro atoms. The van der Waals surface area contributed by atoms with Crippen LogP contribution in [-0.2, 0) is 19.1 Å². The summed E-state index contributed by atoms with van der Waals surface area (Å²) in [7, 11) is 0. The predicted octanol–water partition coefficient (Wildman–Crippen LogP) is 2.69. The van der Waals surface area contributed by atoms with Gasteiger partial charge in [0, 0.05) is 23.7 Å². The van der Waals surface area contributed by atoms with E-state index in [0.717, 1.165) is 6.42 Å². The molecular formula is C24H24N2O7. The number of rotatable bonds is 6. The van der Waals surface area contributed by atoms with Gasteiger partial charge in [0.25, 0.3) is 5.69 Å². The van der Waals surface area contributed by atoms with Crippen LogP contribution in [0.2, 0.25) is 0 Å². The zero-order chi connectivity index (χ0) is 23.3. The Morgan fingerprint density at radius 3 is 2.09 bits per heavy atom. The summed E-state index contributed by atoms with van der Waals surface area (Å²) in [6.07, 6.45) is 7.14. The van der Waals surface area contributed by atoms with Crippen molar-refractivity contribution in [1.82, 2.24) is 4.90 Å². The SMILES string of the molecule is O=C(COC(=O)C1CCC(N2C(=O)[C@H]3[C@H](C2=O)[C@H]2C=C[C@H]3C2)CC1)c1ccc([N+](=O)[O-])cc1. The number of fused-ring (bicyclic) bond motifs is 5. The molecule has 4 aliphatic rings. The summed E-state index contributed by atoms with van der Waals surface area (Å²) in [5.74, 6) is -1.44. The number of non-ortho nitro benzene ring substituents is 1. The highest BCUT2D eigenvalue weighted by molar-refractivity contribution is 6.06. The van der Waals surface area contributed by atoms with Gasteiger partial charge in [-0.1, -0.05) is 12.2 Å². The second kappa shape index (κ2) is 8.20. The number of ketones is 1. The van der Waals surface area contributed by atoms with Gasteiger partial charge in [0.1, 0.15) is 0 Å². The molecule has 0 aromatic heterocycles. The minimum absolute atomic E-state index is 0.0541. The lowest BCUT2D eigenvalue weighted by Gasteiger charge is -2.33. The van der Waals surface area contributed by atoms with Gasteiger partial charge in [-0.3, -0.25) is 34.2 Å². The summed E-state index contributed by atoms with van der Waals surface area (Å²) in [6.45, 7) is -0.432. The van der Waals surface area contributed by atoms with Gasteiger partial charge < -0.3 is 4.74 Å². The minimum Gasteiger partial charge on any atom is -0.457 e. The number of imide groups is 1. The number of benzene rings is 1. The summed E-state index contributed by atoms with van der Waals surface area (Å²) in [5.41, 5.74) is 0.111. The lowest BCUT2D eigenvalue weighted by molar-refractivity contribution is -0.384. The fourth-order valence-electron chi connectivity index (χ4n) is 5.96. The van der Waals surface area contributed by atoms with Crippen LogP contribution in [0.25, 0.3) is 0 Å². The van der Waals surface area contributed by atoms with Gasteiger partial charge in [0.15, 0.2) is 12.4 Å². The Bertz CT molecular complexity index is 1030. The summed E-state index contributed by atoms with van der Waals surface area (Å²) >= 11 is 0. The van der Waals surface area contributed by atoms with E-state index < -0.39 is 23.3 Å². The minimum atomic E-state index is -0.554. The van der Waals surface area contributed by atoms with Gasteiger partial charge >= 0.3 is 5.97 Å². The Hall–Kier alpha value is -3.36. The van der Waals surface area contributed by atoms with Crippen molar-refractivity contribution in [2.45, 2.75) is 38.1 Å². The van der Waals surface area contributed by atoms with Crippen molar-refractivity contribution >= 4 is 29.3 Å². The molecule has 5 rings (SSSR count). The first kappa shape index (κ1) is 21.5. The Morgan fingerprint density at radius 2 is 1.55 bits per heavy atom. The highest BCUT2D eigenvalue weighted by atomic mass is 16.6. The fourth-order valence-corrected chi connectivity index (χ4v) is 5.96. The van der Waals surface area contributed by atoms with Gasteiger partial charge in [-0.05, 0) is 56.1 Å². The van der Waals surface area contributed by atoms with Crippen LogP contribution in [0.15, 0.2) is 36.4 Å². The van der Waals surface area contributed by atoms with Crippen molar-refractivity contribution in [3.63, 3.8) is 0 Å². The lowest BCUT2D eigenvalue weighted by Crippen LogP contribution is -2.44. The van der Waals surface area contributed by atoms with Gasteiger partial charge in [0.05, 0.1) is 22.7 Å². The zero-order valence-corrected chi connectivity index (χ0v) is 17.9. The van der Waals surface area contributed by atoms with Gasteiger partial charge in [-0.15, -0.1) is 0 Å². The number of Topliss-reactive ketones (excluding diaryl/α,β-unsaturated/α-hetero) is 1. The number of amides is 2. The van der Waals surface area contributed by atoms with E-state index in [4.69, 9.17) is 4.74 Å². The first-order chi connectivity index (χ1) is 15.8. The molecular weight excluding hydrogens is 428 g/mol. The number of allylic oxidation sites excluding steroid dienone is 2. The van der Waals surface area contributed by atoms with Crippen LogP contribution >= 0.6 is 0 Å². The smallest absolute Gasteiger partial charge is 0.309 e. The Kier molecular flexibility index (Phi) is 5.34. The number of nitro benzene ring substituents is 1. The molecule has 4 atom stereocenters. The maximum absolute atomic E-state index is 13.0. The van der Waals surface area contributed by atoms with E-state index in [2.05, 4.69) is 12.2 Å². The molecule has 2 bridgehead atoms. The van der Waals surface area contributed by atoms with Crippen LogP contribution in [0.5, 0.6) is 0 Å². The monoisotopic (exact) mass is 452 g/mol. The molecule has 1 aliphatic heterocycles. The van der Waals surface area contributed by atoms with Crippen LogP contribution in [0.3, 0.4) is 0 Å². The number of nitrogens with zero attached hydrogens (tertiary/aromatic N) is 2. The zero-order valence-electron chi connectivity index (χ0n) is 17.9. The Labute approximate surface area is 189 Å². The van der Waals surface area contributed by atoms with E-state index in [-0.39, 0.29) is 58.7 Å². The van der Waals surface area contributed by atoms with E-state index in [0.29, 0.717) is 25.7 Å². The van der Waals surface area contributed by atoms with Crippen LogP contribution in [0.1, 0.15) is 42.5 Å². The van der Waals surface area contributed by atoms with Crippen LogP contribution in [0.4, 0.5) is 5.69 Å². The average Bonchev–Trinajstić information content (AvgIpc) is 3.51. The molecule has 2 saturated carbocycles. The van der Waals surface area contributed by atoms with Crippen molar-refractivity contribution in [3.8, 4) is 0 Å². The maximum Gasteiger partial charge on any atom is 0.309 e. The van der Waals surface area contributed by atoms with Crippen molar-refractivity contribution < 1.29 is 28.8 Å². The third-order valence-corrected chi connectivity index (χ3v) is 7.65. The fraction of sp³-hybridized carbons (Fsp3) is 0.500. The van der Waals surface area contributed by atoms with Crippen molar-refractivity contribution in [3.05, 3.63) is 52.1 Å². The number of carbonyl (C=O) groups excluding carboxylic acids is 4. The molecule has 1 heterocycles. The number of hydrogen-bond acceptors (Lipinski definition) is 7. The number of likely N-dealkylation sites (tertiary alicyclic amines) is 1. The maximum atomic E-state index is 13.0. The second-order valence-electron chi connectivity index (χ2n) is 9.39. The molecule has 33 heavy (non-hydrogen) atoms. The third-order valence-electron chi connectivity index (χ3n) is 7.65. The summed E-state index contributed by atoms with van der Waals surface area (Å²) < 4.78 is 5.20. The standard InChI is InChI=1S/C24H24N2O7/c27-19(13-3-9-18(10-4-13)26(31)32)12-33-24(30)14-5-7-17(8-6-14)25-22(28)20-15-1-2-16(11-15)21(20)23(25)29/h1-4,9-10,14-17,20-21H,5-8,11-12H2/t14?,15-,16-,17?,20+,21+/m0/s1. The molecule has 1 aromatic rings. The molecule has 0 unspecified atom stereocenters. The average molecular weight is 452 g/mol. The van der Waals surface area contributed by atoms with Crippen molar-refractivity contribution in [1.29, 1.82) is 0 Å². The van der Waals surface area contributed by atoms with Gasteiger partial charge in [-0.25, -0.2) is 0 Å². The molecule has 3 fully saturated rings. The van der Waals surface area contributed by atoms with E-state index in [1.54, 1.807) is 0 Å². The predicted molar refractivity (Wildman–Crippen MR) is 114 cm³/mol. The molecule has 9 heteroatoms. The van der Waals surface area contributed by atoms with Crippen molar-refractivity contribution in [2.24, 2.45) is 29.6 Å². The number of carbonyl (C=O) groups is 4. The topological polar surface area (TPSA) is 124 Å². The molecule has 1 aromatic carbocycles.